The average Bonchev–Trinajstić information content (AvgIpc) is 2.38. The van der Waals surface area contributed by atoms with Crippen LogP contribution in [0.25, 0.3) is 0 Å². The van der Waals surface area contributed by atoms with E-state index in [-0.39, 0.29) is 0 Å². The summed E-state index contributed by atoms with van der Waals surface area (Å²) in [5.41, 5.74) is 3.87. The van der Waals surface area contributed by atoms with Crippen molar-refractivity contribution in [1.29, 1.82) is 5.26 Å². The van der Waals surface area contributed by atoms with E-state index in [1.54, 1.807) is 12.3 Å². The molecule has 0 amide bonds. The van der Waals surface area contributed by atoms with Gasteiger partial charge in [-0.1, -0.05) is 23.7 Å². The van der Waals surface area contributed by atoms with Crippen LogP contribution in [0.4, 0.5) is 0 Å². The van der Waals surface area contributed by atoms with Crippen molar-refractivity contribution in [3.8, 4) is 6.07 Å². The molecule has 0 spiro atoms. The molecule has 1 heterocycles. The summed E-state index contributed by atoms with van der Waals surface area (Å²) in [5.74, 6) is 0. The molecule has 0 radical (unpaired) electrons. The van der Waals surface area contributed by atoms with Gasteiger partial charge in [-0.3, -0.25) is 4.98 Å². The van der Waals surface area contributed by atoms with Gasteiger partial charge < -0.3 is 0 Å². The molecule has 1 aromatic heterocycles. The first-order valence-electron chi connectivity index (χ1n) is 5.79. The molecule has 0 saturated heterocycles. The van der Waals surface area contributed by atoms with Crippen LogP contribution in [-0.4, -0.2) is 4.98 Å². The molecule has 2 nitrogen and oxygen atoms in total. The molecule has 0 unspecified atom stereocenters. The number of pyridine rings is 1. The number of benzene rings is 1. The highest BCUT2D eigenvalue weighted by Gasteiger charge is 2.02. The summed E-state index contributed by atoms with van der Waals surface area (Å²) < 4.78 is 0. The number of nitrogens with zero attached hydrogens (tertiary/aromatic N) is 2. The number of rotatable bonds is 3. The highest BCUT2D eigenvalue weighted by Crippen LogP contribution is 2.19. The van der Waals surface area contributed by atoms with Crippen molar-refractivity contribution in [3.05, 3.63) is 63.9 Å². The first kappa shape index (κ1) is 12.6. The quantitative estimate of drug-likeness (QED) is 0.840. The molecular formula is C15H13ClN2. The third-order valence-corrected chi connectivity index (χ3v) is 3.16. The van der Waals surface area contributed by atoms with Crippen LogP contribution >= 0.6 is 11.6 Å². The second-order valence-corrected chi connectivity index (χ2v) is 4.65. The van der Waals surface area contributed by atoms with Gasteiger partial charge in [0.2, 0.25) is 0 Å². The van der Waals surface area contributed by atoms with Crippen LogP contribution in [0.3, 0.4) is 0 Å². The highest BCUT2D eigenvalue weighted by molar-refractivity contribution is 6.31. The Labute approximate surface area is 112 Å². The first-order valence-corrected chi connectivity index (χ1v) is 6.17. The van der Waals surface area contributed by atoms with Gasteiger partial charge in [0.1, 0.15) is 6.07 Å². The molecule has 90 valence electrons. The predicted molar refractivity (Wildman–Crippen MR) is 72.5 cm³/mol. The maximum atomic E-state index is 8.69. The van der Waals surface area contributed by atoms with Gasteiger partial charge in [0.25, 0.3) is 0 Å². The van der Waals surface area contributed by atoms with Crippen LogP contribution < -0.4 is 0 Å². The number of nitriles is 1. The van der Waals surface area contributed by atoms with Crippen LogP contribution in [0.1, 0.15) is 22.4 Å². The number of hydrogen-bond donors (Lipinski definition) is 0. The molecule has 0 aliphatic rings. The summed E-state index contributed by atoms with van der Waals surface area (Å²) in [6.07, 6.45) is 3.29. The molecule has 0 saturated carbocycles. The fraction of sp³-hybridized carbons (Fsp3) is 0.200. The Morgan fingerprint density at radius 3 is 2.67 bits per heavy atom. The zero-order valence-corrected chi connectivity index (χ0v) is 10.9. The van der Waals surface area contributed by atoms with Crippen molar-refractivity contribution in [2.75, 3.05) is 0 Å². The Balaban J connectivity index is 2.04. The van der Waals surface area contributed by atoms with Crippen LogP contribution in [-0.2, 0) is 12.8 Å². The minimum Gasteiger partial charge on any atom is -0.260 e. The van der Waals surface area contributed by atoms with Gasteiger partial charge >= 0.3 is 0 Å². The van der Waals surface area contributed by atoms with Crippen molar-refractivity contribution in [2.45, 2.75) is 19.8 Å². The lowest BCUT2D eigenvalue weighted by molar-refractivity contribution is 0.912. The zero-order valence-electron chi connectivity index (χ0n) is 10.2. The molecule has 0 fully saturated rings. The van der Waals surface area contributed by atoms with Crippen LogP contribution in [0.15, 0.2) is 36.5 Å². The lowest BCUT2D eigenvalue weighted by Gasteiger charge is -2.05. The maximum absolute atomic E-state index is 8.69. The Morgan fingerprint density at radius 2 is 2.06 bits per heavy atom. The van der Waals surface area contributed by atoms with E-state index in [0.29, 0.717) is 5.56 Å². The molecule has 1 aromatic carbocycles. The standard InChI is InChI=1S/C15H13ClN2/c1-11-2-4-13(15(16)8-11)5-7-14-6-3-12(9-17)10-18-14/h2-4,6,8,10H,5,7H2,1H3. The summed E-state index contributed by atoms with van der Waals surface area (Å²) >= 11 is 6.18. The summed E-state index contributed by atoms with van der Waals surface area (Å²) in [4.78, 5) is 4.25. The van der Waals surface area contributed by atoms with Gasteiger partial charge in [-0.15, -0.1) is 0 Å². The van der Waals surface area contributed by atoms with E-state index in [2.05, 4.69) is 23.2 Å². The monoisotopic (exact) mass is 256 g/mol. The Kier molecular flexibility index (Phi) is 3.96. The Morgan fingerprint density at radius 1 is 1.22 bits per heavy atom. The van der Waals surface area contributed by atoms with Crippen molar-refractivity contribution in [3.63, 3.8) is 0 Å². The van der Waals surface area contributed by atoms with Gasteiger partial charge in [0, 0.05) is 16.9 Å². The zero-order chi connectivity index (χ0) is 13.0. The molecule has 0 atom stereocenters. The molecule has 0 bridgehead atoms. The summed E-state index contributed by atoms with van der Waals surface area (Å²) in [6, 6.07) is 11.8. The van der Waals surface area contributed by atoms with Crippen molar-refractivity contribution < 1.29 is 0 Å². The molecule has 18 heavy (non-hydrogen) atoms. The minimum atomic E-state index is 0.590. The lowest BCUT2D eigenvalue weighted by atomic mass is 10.1. The summed E-state index contributed by atoms with van der Waals surface area (Å²) in [6.45, 7) is 2.03. The second-order valence-electron chi connectivity index (χ2n) is 4.24. The number of hydrogen-bond acceptors (Lipinski definition) is 2. The molecule has 2 aromatic rings. The van der Waals surface area contributed by atoms with Gasteiger partial charge in [-0.05, 0) is 49.1 Å². The van der Waals surface area contributed by atoms with Gasteiger partial charge in [-0.2, -0.15) is 5.26 Å². The van der Waals surface area contributed by atoms with E-state index in [9.17, 15) is 0 Å². The van der Waals surface area contributed by atoms with Crippen molar-refractivity contribution in [2.24, 2.45) is 0 Å². The second kappa shape index (κ2) is 5.66. The van der Waals surface area contributed by atoms with E-state index in [0.717, 1.165) is 29.1 Å². The fourth-order valence-corrected chi connectivity index (χ4v) is 2.09. The van der Waals surface area contributed by atoms with E-state index in [4.69, 9.17) is 16.9 Å². The van der Waals surface area contributed by atoms with Crippen molar-refractivity contribution in [1.82, 2.24) is 4.98 Å². The normalized spacial score (nSPS) is 10.1. The van der Waals surface area contributed by atoms with Crippen molar-refractivity contribution >= 4 is 11.6 Å². The molecule has 3 heteroatoms. The number of aryl methyl sites for hydroxylation is 3. The van der Waals surface area contributed by atoms with Crippen LogP contribution in [0.5, 0.6) is 0 Å². The molecule has 0 aliphatic carbocycles. The summed E-state index contributed by atoms with van der Waals surface area (Å²) in [7, 11) is 0. The number of aromatic nitrogens is 1. The molecule has 2 rings (SSSR count). The third-order valence-electron chi connectivity index (χ3n) is 2.81. The lowest BCUT2D eigenvalue weighted by Crippen LogP contribution is -1.95. The SMILES string of the molecule is Cc1ccc(CCc2ccc(C#N)cn2)c(Cl)c1. The van der Waals surface area contributed by atoms with Crippen LogP contribution in [0.2, 0.25) is 5.02 Å². The summed E-state index contributed by atoms with van der Waals surface area (Å²) in [5, 5.41) is 9.50. The molecular weight excluding hydrogens is 244 g/mol. The maximum Gasteiger partial charge on any atom is 0.101 e. The Hall–Kier alpha value is -1.85. The first-order chi connectivity index (χ1) is 8.69. The Bertz CT molecular complexity index is 582. The fourth-order valence-electron chi connectivity index (χ4n) is 1.76. The van der Waals surface area contributed by atoms with Gasteiger partial charge in [0.15, 0.2) is 0 Å². The smallest absolute Gasteiger partial charge is 0.101 e. The number of halogens is 1. The third kappa shape index (κ3) is 3.09. The molecule has 0 aliphatic heterocycles. The highest BCUT2D eigenvalue weighted by atomic mass is 35.5. The largest absolute Gasteiger partial charge is 0.260 e. The van der Waals surface area contributed by atoms with E-state index in [1.165, 1.54) is 5.56 Å². The van der Waals surface area contributed by atoms with Crippen LogP contribution in [0, 0.1) is 18.3 Å². The van der Waals surface area contributed by atoms with E-state index >= 15 is 0 Å². The average molecular weight is 257 g/mol. The van der Waals surface area contributed by atoms with E-state index in [1.807, 2.05) is 19.1 Å². The topological polar surface area (TPSA) is 36.7 Å². The minimum absolute atomic E-state index is 0.590. The van der Waals surface area contributed by atoms with E-state index < -0.39 is 0 Å². The predicted octanol–water partition coefficient (Wildman–Crippen LogP) is 3.70. The van der Waals surface area contributed by atoms with Gasteiger partial charge in [-0.25, -0.2) is 0 Å². The van der Waals surface area contributed by atoms with Gasteiger partial charge in [0.05, 0.1) is 5.56 Å². The molecule has 0 N–H and O–H groups in total.